The molecule has 0 aromatic heterocycles. The van der Waals surface area contributed by atoms with E-state index in [9.17, 15) is 8.78 Å². The molecule has 0 bridgehead atoms. The van der Waals surface area contributed by atoms with E-state index in [2.05, 4.69) is 17.9 Å². The first-order valence-corrected chi connectivity index (χ1v) is 5.13. The van der Waals surface area contributed by atoms with Crippen molar-refractivity contribution in [3.05, 3.63) is 35.4 Å². The molecule has 14 heavy (non-hydrogen) atoms. The van der Waals surface area contributed by atoms with Gasteiger partial charge in [0.15, 0.2) is 0 Å². The molecule has 0 spiro atoms. The van der Waals surface area contributed by atoms with Crippen LogP contribution in [0.4, 0.5) is 8.78 Å². The molecule has 1 aromatic rings. The second-order valence-corrected chi connectivity index (χ2v) is 3.41. The molecule has 0 radical (unpaired) electrons. The number of nitrogens with one attached hydrogen (secondary N) is 1. The Kier molecular flexibility index (Phi) is 4.90. The second kappa shape index (κ2) is 5.98. The lowest BCUT2D eigenvalue weighted by molar-refractivity contribution is 0.579. The van der Waals surface area contributed by atoms with Crippen molar-refractivity contribution in [1.29, 1.82) is 0 Å². The Hall–Kier alpha value is -0.610. The molecule has 0 unspecified atom stereocenters. The minimum absolute atomic E-state index is 0.348. The summed E-state index contributed by atoms with van der Waals surface area (Å²) in [6.07, 6.45) is 0.497. The van der Waals surface area contributed by atoms with Crippen molar-refractivity contribution >= 4 is 12.6 Å². The molecule has 1 aromatic carbocycles. The average Bonchev–Trinajstić information content (AvgIpc) is 2.18. The number of thiol groups is 1. The molecule has 4 heteroatoms. The average molecular weight is 217 g/mol. The van der Waals surface area contributed by atoms with Crippen molar-refractivity contribution in [2.24, 2.45) is 0 Å². The predicted octanol–water partition coefficient (Wildman–Crippen LogP) is 2.03. The molecule has 78 valence electrons. The fraction of sp³-hybridized carbons (Fsp3) is 0.400. The highest BCUT2D eigenvalue weighted by atomic mass is 32.1. The molecule has 0 saturated heterocycles. The van der Waals surface area contributed by atoms with Gasteiger partial charge in [-0.1, -0.05) is 0 Å². The highest BCUT2D eigenvalue weighted by Crippen LogP contribution is 2.09. The lowest BCUT2D eigenvalue weighted by atomic mass is 10.1. The Balaban J connectivity index is 2.45. The van der Waals surface area contributed by atoms with Gasteiger partial charge in [0.25, 0.3) is 0 Å². The maximum absolute atomic E-state index is 13.1. The fourth-order valence-corrected chi connectivity index (χ4v) is 1.32. The molecule has 1 rings (SSSR count). The standard InChI is InChI=1S/C10H13F2NS/c11-9-1-2-10(12)8(7-9)3-4-13-5-6-14/h1-2,7,13-14H,3-6H2. The molecule has 0 fully saturated rings. The molecule has 0 atom stereocenters. The van der Waals surface area contributed by atoms with E-state index in [4.69, 9.17) is 0 Å². The van der Waals surface area contributed by atoms with Crippen LogP contribution >= 0.6 is 12.6 Å². The van der Waals surface area contributed by atoms with Crippen LogP contribution in [0.2, 0.25) is 0 Å². The number of hydrogen-bond donors (Lipinski definition) is 2. The van der Waals surface area contributed by atoms with Gasteiger partial charge < -0.3 is 5.32 Å². The van der Waals surface area contributed by atoms with Crippen LogP contribution in [0.25, 0.3) is 0 Å². The van der Waals surface area contributed by atoms with Crippen molar-refractivity contribution in [3.8, 4) is 0 Å². The maximum Gasteiger partial charge on any atom is 0.126 e. The fourth-order valence-electron chi connectivity index (χ4n) is 1.16. The van der Waals surface area contributed by atoms with Crippen molar-refractivity contribution in [2.75, 3.05) is 18.8 Å². The molecule has 1 nitrogen and oxygen atoms in total. The zero-order valence-corrected chi connectivity index (χ0v) is 8.66. The lowest BCUT2D eigenvalue weighted by Gasteiger charge is -2.04. The van der Waals surface area contributed by atoms with Crippen molar-refractivity contribution < 1.29 is 8.78 Å². The van der Waals surface area contributed by atoms with Gasteiger partial charge in [-0.3, -0.25) is 0 Å². The normalized spacial score (nSPS) is 10.5. The number of benzene rings is 1. The molecule has 0 heterocycles. The minimum Gasteiger partial charge on any atom is -0.316 e. The quantitative estimate of drug-likeness (QED) is 0.568. The van der Waals surface area contributed by atoms with Crippen molar-refractivity contribution in [2.45, 2.75) is 6.42 Å². The van der Waals surface area contributed by atoms with Crippen molar-refractivity contribution in [3.63, 3.8) is 0 Å². The lowest BCUT2D eigenvalue weighted by Crippen LogP contribution is -2.19. The van der Waals surface area contributed by atoms with Gasteiger partial charge in [-0.2, -0.15) is 12.6 Å². The van der Waals surface area contributed by atoms with E-state index in [1.54, 1.807) is 0 Å². The van der Waals surface area contributed by atoms with E-state index < -0.39 is 5.82 Å². The van der Waals surface area contributed by atoms with Crippen LogP contribution < -0.4 is 5.32 Å². The van der Waals surface area contributed by atoms with E-state index in [-0.39, 0.29) is 5.82 Å². The Morgan fingerprint density at radius 1 is 1.21 bits per heavy atom. The summed E-state index contributed by atoms with van der Waals surface area (Å²) >= 11 is 4.02. The first-order chi connectivity index (χ1) is 6.74. The first-order valence-electron chi connectivity index (χ1n) is 4.49. The summed E-state index contributed by atoms with van der Waals surface area (Å²) in [5.74, 6) is 0.000652. The monoisotopic (exact) mass is 217 g/mol. The molecule has 0 amide bonds. The summed E-state index contributed by atoms with van der Waals surface area (Å²) in [6.45, 7) is 1.42. The number of hydrogen-bond acceptors (Lipinski definition) is 2. The van der Waals surface area contributed by atoms with E-state index in [1.807, 2.05) is 0 Å². The molecule has 0 aliphatic heterocycles. The molecule has 0 aliphatic carbocycles. The Morgan fingerprint density at radius 3 is 2.71 bits per heavy atom. The number of rotatable bonds is 5. The van der Waals surface area contributed by atoms with Gasteiger partial charge in [0.05, 0.1) is 0 Å². The zero-order valence-electron chi connectivity index (χ0n) is 7.76. The summed E-state index contributed by atoms with van der Waals surface area (Å²) in [5, 5.41) is 3.06. The van der Waals surface area contributed by atoms with Gasteiger partial charge in [-0.05, 0) is 36.7 Å². The SMILES string of the molecule is Fc1ccc(F)c(CCNCCS)c1. The predicted molar refractivity (Wildman–Crippen MR) is 56.8 cm³/mol. The largest absolute Gasteiger partial charge is 0.316 e. The maximum atomic E-state index is 13.1. The Labute approximate surface area is 87.9 Å². The topological polar surface area (TPSA) is 12.0 Å². The summed E-state index contributed by atoms with van der Waals surface area (Å²) in [7, 11) is 0. The highest BCUT2D eigenvalue weighted by Gasteiger charge is 2.02. The van der Waals surface area contributed by atoms with Crippen LogP contribution in [0, 0.1) is 11.6 Å². The third kappa shape index (κ3) is 3.64. The van der Waals surface area contributed by atoms with Gasteiger partial charge in [0, 0.05) is 12.3 Å². The van der Waals surface area contributed by atoms with Gasteiger partial charge in [0.1, 0.15) is 11.6 Å². The third-order valence-corrected chi connectivity index (χ3v) is 2.09. The van der Waals surface area contributed by atoms with Gasteiger partial charge in [0.2, 0.25) is 0 Å². The van der Waals surface area contributed by atoms with Crippen molar-refractivity contribution in [1.82, 2.24) is 5.32 Å². The highest BCUT2D eigenvalue weighted by molar-refractivity contribution is 7.80. The van der Waals surface area contributed by atoms with Crippen LogP contribution in [0.15, 0.2) is 18.2 Å². The number of halogens is 2. The first kappa shape index (κ1) is 11.5. The summed E-state index contributed by atoms with van der Waals surface area (Å²) in [4.78, 5) is 0. The molecule has 0 saturated carbocycles. The summed E-state index contributed by atoms with van der Waals surface area (Å²) in [5.41, 5.74) is 0.414. The van der Waals surface area contributed by atoms with E-state index in [0.717, 1.165) is 24.4 Å². The van der Waals surface area contributed by atoms with Crippen LogP contribution in [0.5, 0.6) is 0 Å². The summed E-state index contributed by atoms with van der Waals surface area (Å²) in [6, 6.07) is 3.51. The smallest absolute Gasteiger partial charge is 0.126 e. The van der Waals surface area contributed by atoms with Crippen LogP contribution in [0.3, 0.4) is 0 Å². The van der Waals surface area contributed by atoms with Gasteiger partial charge in [-0.15, -0.1) is 0 Å². The van der Waals surface area contributed by atoms with Gasteiger partial charge in [-0.25, -0.2) is 8.78 Å². The minimum atomic E-state index is -0.393. The molecule has 1 N–H and O–H groups in total. The van der Waals surface area contributed by atoms with E-state index >= 15 is 0 Å². The van der Waals surface area contributed by atoms with Crippen LogP contribution in [-0.2, 0) is 6.42 Å². The Morgan fingerprint density at radius 2 is 2.00 bits per heavy atom. The zero-order chi connectivity index (χ0) is 10.4. The van der Waals surface area contributed by atoms with Crippen LogP contribution in [0.1, 0.15) is 5.56 Å². The van der Waals surface area contributed by atoms with Gasteiger partial charge >= 0.3 is 0 Å². The summed E-state index contributed by atoms with van der Waals surface area (Å²) < 4.78 is 25.8. The van der Waals surface area contributed by atoms with E-state index in [1.165, 1.54) is 6.07 Å². The third-order valence-electron chi connectivity index (χ3n) is 1.87. The molecular weight excluding hydrogens is 204 g/mol. The Bertz CT molecular complexity index is 291. The van der Waals surface area contributed by atoms with Crippen LogP contribution in [-0.4, -0.2) is 18.8 Å². The second-order valence-electron chi connectivity index (χ2n) is 2.96. The molecular formula is C10H13F2NS. The molecule has 0 aliphatic rings. The van der Waals surface area contributed by atoms with E-state index in [0.29, 0.717) is 18.5 Å².